The number of anilines is 1. The van der Waals surface area contributed by atoms with Gasteiger partial charge in [0, 0.05) is 39.3 Å². The highest BCUT2D eigenvalue weighted by molar-refractivity contribution is 5.91. The number of nitrogens with zero attached hydrogens (tertiary/aromatic N) is 2. The molecule has 1 aromatic carbocycles. The number of carbonyl (C=O) groups excluding carboxylic acids is 1. The molecule has 2 N–H and O–H groups in total. The van der Waals surface area contributed by atoms with E-state index in [0.29, 0.717) is 6.54 Å². The first-order chi connectivity index (χ1) is 12.7. The molecule has 0 spiro atoms. The van der Waals surface area contributed by atoms with Crippen LogP contribution in [0.3, 0.4) is 0 Å². The number of hydrogen-bond acceptors (Lipinski definition) is 6. The molecule has 1 amide bonds. The zero-order valence-electron chi connectivity index (χ0n) is 14.9. The minimum atomic E-state index is -0.619. The SMILES string of the molecule is COc1ccccc1N1CCN(CC(O)CNC(=O)c2ccco2)CC1. The van der Waals surface area contributed by atoms with Gasteiger partial charge in [0.2, 0.25) is 0 Å². The summed E-state index contributed by atoms with van der Waals surface area (Å²) < 4.78 is 10.5. The van der Waals surface area contributed by atoms with Crippen molar-refractivity contribution in [3.63, 3.8) is 0 Å². The number of para-hydroxylation sites is 2. The van der Waals surface area contributed by atoms with Crippen molar-refractivity contribution in [3.05, 3.63) is 48.4 Å². The number of aliphatic hydroxyl groups is 1. The van der Waals surface area contributed by atoms with Crippen LogP contribution in [0.25, 0.3) is 0 Å². The summed E-state index contributed by atoms with van der Waals surface area (Å²) >= 11 is 0. The van der Waals surface area contributed by atoms with Crippen LogP contribution in [0.15, 0.2) is 47.1 Å². The highest BCUT2D eigenvalue weighted by Crippen LogP contribution is 2.28. The van der Waals surface area contributed by atoms with Gasteiger partial charge in [0.25, 0.3) is 5.91 Å². The zero-order valence-corrected chi connectivity index (χ0v) is 14.9. The van der Waals surface area contributed by atoms with E-state index in [9.17, 15) is 9.90 Å². The maximum absolute atomic E-state index is 11.8. The minimum Gasteiger partial charge on any atom is -0.495 e. The number of β-amino-alcohol motifs (C(OH)–C–C–N with tert-alkyl or cyclic N) is 1. The smallest absolute Gasteiger partial charge is 0.287 e. The van der Waals surface area contributed by atoms with E-state index in [1.165, 1.54) is 6.26 Å². The van der Waals surface area contributed by atoms with Gasteiger partial charge in [-0.2, -0.15) is 0 Å². The zero-order chi connectivity index (χ0) is 18.4. The molecule has 1 atom stereocenters. The molecule has 0 radical (unpaired) electrons. The van der Waals surface area contributed by atoms with E-state index < -0.39 is 6.10 Å². The summed E-state index contributed by atoms with van der Waals surface area (Å²) in [4.78, 5) is 16.3. The average molecular weight is 359 g/mol. The number of furan rings is 1. The van der Waals surface area contributed by atoms with Gasteiger partial charge in [-0.1, -0.05) is 12.1 Å². The number of hydrogen-bond donors (Lipinski definition) is 2. The van der Waals surface area contributed by atoms with Gasteiger partial charge in [-0.15, -0.1) is 0 Å². The molecular formula is C19H25N3O4. The summed E-state index contributed by atoms with van der Waals surface area (Å²) in [5, 5.41) is 12.9. The first-order valence-electron chi connectivity index (χ1n) is 8.77. The van der Waals surface area contributed by atoms with Gasteiger partial charge in [0.15, 0.2) is 5.76 Å². The Morgan fingerprint density at radius 2 is 2.00 bits per heavy atom. The molecule has 3 rings (SSSR count). The number of aliphatic hydroxyl groups excluding tert-OH is 1. The number of ether oxygens (including phenoxy) is 1. The highest BCUT2D eigenvalue weighted by Gasteiger charge is 2.21. The molecule has 2 heterocycles. The lowest BCUT2D eigenvalue weighted by Crippen LogP contribution is -2.50. The monoisotopic (exact) mass is 359 g/mol. The van der Waals surface area contributed by atoms with Gasteiger partial charge in [0.05, 0.1) is 25.2 Å². The van der Waals surface area contributed by atoms with E-state index in [-0.39, 0.29) is 18.2 Å². The first kappa shape index (κ1) is 18.3. The van der Waals surface area contributed by atoms with Crippen LogP contribution >= 0.6 is 0 Å². The van der Waals surface area contributed by atoms with Crippen LogP contribution in [0.2, 0.25) is 0 Å². The number of nitrogens with one attached hydrogen (secondary N) is 1. The summed E-state index contributed by atoms with van der Waals surface area (Å²) in [6, 6.07) is 11.3. The van der Waals surface area contributed by atoms with E-state index in [1.54, 1.807) is 19.2 Å². The number of methoxy groups -OCH3 is 1. The molecule has 7 nitrogen and oxygen atoms in total. The molecule has 1 aliphatic heterocycles. The fourth-order valence-corrected chi connectivity index (χ4v) is 3.13. The number of rotatable bonds is 7. The van der Waals surface area contributed by atoms with Gasteiger partial charge in [0.1, 0.15) is 5.75 Å². The lowest BCUT2D eigenvalue weighted by Gasteiger charge is -2.37. The Morgan fingerprint density at radius 3 is 2.69 bits per heavy atom. The van der Waals surface area contributed by atoms with Gasteiger partial charge < -0.3 is 24.5 Å². The molecule has 2 aromatic rings. The Labute approximate surface area is 153 Å². The topological polar surface area (TPSA) is 78.2 Å². The second kappa shape index (κ2) is 8.73. The Morgan fingerprint density at radius 1 is 1.23 bits per heavy atom. The van der Waals surface area contributed by atoms with Gasteiger partial charge in [-0.3, -0.25) is 9.69 Å². The quantitative estimate of drug-likeness (QED) is 0.774. The van der Waals surface area contributed by atoms with Crippen LogP contribution in [0.5, 0.6) is 5.75 Å². The molecule has 0 bridgehead atoms. The van der Waals surface area contributed by atoms with Crippen LogP contribution in [0, 0.1) is 0 Å². The van der Waals surface area contributed by atoms with Crippen LogP contribution in [0.1, 0.15) is 10.6 Å². The summed E-state index contributed by atoms with van der Waals surface area (Å²) in [7, 11) is 1.68. The fraction of sp³-hybridized carbons (Fsp3) is 0.421. The van der Waals surface area contributed by atoms with Crippen LogP contribution in [-0.4, -0.2) is 68.4 Å². The Kier molecular flexibility index (Phi) is 6.14. The maximum atomic E-state index is 11.8. The standard InChI is InChI=1S/C19H25N3O4/c1-25-17-6-3-2-5-16(17)22-10-8-21(9-11-22)14-15(23)13-20-19(24)18-7-4-12-26-18/h2-7,12,15,23H,8-11,13-14H2,1H3,(H,20,24). The third-order valence-electron chi connectivity index (χ3n) is 4.51. The number of carbonyl (C=O) groups is 1. The number of amides is 1. The average Bonchev–Trinajstić information content (AvgIpc) is 3.21. The fourth-order valence-electron chi connectivity index (χ4n) is 3.13. The predicted octanol–water partition coefficient (Wildman–Crippen LogP) is 1.20. The lowest BCUT2D eigenvalue weighted by molar-refractivity contribution is 0.0829. The molecule has 26 heavy (non-hydrogen) atoms. The van der Waals surface area contributed by atoms with Crippen LogP contribution < -0.4 is 15.0 Å². The molecule has 7 heteroatoms. The third kappa shape index (κ3) is 4.56. The molecule has 1 unspecified atom stereocenters. The van der Waals surface area contributed by atoms with Crippen molar-refractivity contribution in [2.75, 3.05) is 51.3 Å². The summed E-state index contributed by atoms with van der Waals surface area (Å²) in [6.45, 7) is 4.16. The third-order valence-corrected chi connectivity index (χ3v) is 4.51. The maximum Gasteiger partial charge on any atom is 0.287 e. The number of benzene rings is 1. The molecule has 1 aliphatic rings. The van der Waals surface area contributed by atoms with Crippen molar-refractivity contribution < 1.29 is 19.1 Å². The van der Waals surface area contributed by atoms with E-state index in [4.69, 9.17) is 9.15 Å². The molecule has 1 fully saturated rings. The molecule has 140 valence electrons. The first-order valence-corrected chi connectivity index (χ1v) is 8.77. The van der Waals surface area contributed by atoms with Crippen molar-refractivity contribution in [1.29, 1.82) is 0 Å². The second-order valence-electron chi connectivity index (χ2n) is 6.30. The summed E-state index contributed by atoms with van der Waals surface area (Å²) in [6.07, 6.45) is 0.832. The predicted molar refractivity (Wildman–Crippen MR) is 98.7 cm³/mol. The summed E-state index contributed by atoms with van der Waals surface area (Å²) in [5.41, 5.74) is 1.10. The normalized spacial score (nSPS) is 16.3. The van der Waals surface area contributed by atoms with E-state index in [1.807, 2.05) is 18.2 Å². The van der Waals surface area contributed by atoms with E-state index in [0.717, 1.165) is 37.6 Å². The van der Waals surface area contributed by atoms with Gasteiger partial charge in [-0.05, 0) is 24.3 Å². The summed E-state index contributed by atoms with van der Waals surface area (Å²) in [5.74, 6) is 0.819. The van der Waals surface area contributed by atoms with Crippen molar-refractivity contribution in [1.82, 2.24) is 10.2 Å². The van der Waals surface area contributed by atoms with E-state index in [2.05, 4.69) is 21.2 Å². The van der Waals surface area contributed by atoms with Crippen molar-refractivity contribution in [3.8, 4) is 5.75 Å². The van der Waals surface area contributed by atoms with Gasteiger partial charge in [-0.25, -0.2) is 0 Å². The Hall–Kier alpha value is -2.51. The molecule has 0 saturated carbocycles. The Balaban J connectivity index is 1.43. The number of piperazine rings is 1. The molecule has 1 aromatic heterocycles. The van der Waals surface area contributed by atoms with E-state index >= 15 is 0 Å². The van der Waals surface area contributed by atoms with Crippen molar-refractivity contribution in [2.45, 2.75) is 6.10 Å². The molecule has 0 aliphatic carbocycles. The van der Waals surface area contributed by atoms with Crippen molar-refractivity contribution >= 4 is 11.6 Å². The molecule has 1 saturated heterocycles. The highest BCUT2D eigenvalue weighted by atomic mass is 16.5. The van der Waals surface area contributed by atoms with Crippen LogP contribution in [0.4, 0.5) is 5.69 Å². The Bertz CT molecular complexity index is 697. The molecular weight excluding hydrogens is 334 g/mol. The largest absolute Gasteiger partial charge is 0.495 e. The van der Waals surface area contributed by atoms with Crippen LogP contribution in [-0.2, 0) is 0 Å². The van der Waals surface area contributed by atoms with Gasteiger partial charge >= 0.3 is 0 Å². The minimum absolute atomic E-state index is 0.201. The lowest BCUT2D eigenvalue weighted by atomic mass is 10.2. The second-order valence-corrected chi connectivity index (χ2v) is 6.30. The van der Waals surface area contributed by atoms with Crippen molar-refractivity contribution in [2.24, 2.45) is 0 Å².